The second kappa shape index (κ2) is 9.95. The van der Waals surface area contributed by atoms with Crippen molar-refractivity contribution in [2.75, 3.05) is 19.6 Å². The summed E-state index contributed by atoms with van der Waals surface area (Å²) in [6, 6.07) is 0.319. The van der Waals surface area contributed by atoms with Gasteiger partial charge in [-0.05, 0) is 26.3 Å². The molecule has 0 radical (unpaired) electrons. The lowest BCUT2D eigenvalue weighted by molar-refractivity contribution is -0.122. The van der Waals surface area contributed by atoms with E-state index in [-0.39, 0.29) is 36.8 Å². The normalized spacial score (nSPS) is 18.8. The van der Waals surface area contributed by atoms with Gasteiger partial charge in [0.05, 0.1) is 0 Å². The van der Waals surface area contributed by atoms with E-state index in [1.807, 2.05) is 6.92 Å². The maximum atomic E-state index is 11.5. The Morgan fingerprint density at radius 2 is 1.94 bits per heavy atom. The third-order valence-electron chi connectivity index (χ3n) is 2.91. The molecule has 0 spiro atoms. The highest BCUT2D eigenvalue weighted by Crippen LogP contribution is 2.09. The van der Waals surface area contributed by atoms with Gasteiger partial charge in [0.15, 0.2) is 0 Å². The minimum Gasteiger partial charge on any atom is -0.353 e. The number of carbonyl (C=O) groups is 1. The largest absolute Gasteiger partial charge is 0.353 e. The van der Waals surface area contributed by atoms with Crippen LogP contribution in [0.1, 0.15) is 33.1 Å². The van der Waals surface area contributed by atoms with E-state index in [2.05, 4.69) is 17.1 Å². The van der Waals surface area contributed by atoms with E-state index in [1.165, 1.54) is 0 Å². The van der Waals surface area contributed by atoms with Gasteiger partial charge in [-0.2, -0.15) is 0 Å². The van der Waals surface area contributed by atoms with Crippen LogP contribution in [0.25, 0.3) is 0 Å². The Balaban J connectivity index is 0. The van der Waals surface area contributed by atoms with Crippen LogP contribution in [0.5, 0.6) is 0 Å². The number of halogens is 2. The van der Waals surface area contributed by atoms with Gasteiger partial charge in [-0.25, -0.2) is 0 Å². The number of carbonyl (C=O) groups excluding carboxylic acids is 1. The van der Waals surface area contributed by atoms with Gasteiger partial charge in [0.25, 0.3) is 0 Å². The molecule has 0 aromatic rings. The van der Waals surface area contributed by atoms with E-state index >= 15 is 0 Å². The first kappa shape index (κ1) is 19.3. The van der Waals surface area contributed by atoms with E-state index in [0.29, 0.717) is 12.5 Å². The molecule has 1 fully saturated rings. The standard InChI is InChI=1S/C11H23N3O.2ClH/c1-3-14-6-4-10(5-7-14)13-11(15)8-9(2)12;;/h9-10H,3-8,12H2,1-2H3,(H,13,15);2*1H. The third-order valence-corrected chi connectivity index (χ3v) is 2.91. The highest BCUT2D eigenvalue weighted by Gasteiger charge is 2.19. The van der Waals surface area contributed by atoms with Crippen molar-refractivity contribution in [2.45, 2.75) is 45.2 Å². The molecule has 1 heterocycles. The fraction of sp³-hybridized carbons (Fsp3) is 0.909. The quantitative estimate of drug-likeness (QED) is 0.815. The van der Waals surface area contributed by atoms with Gasteiger partial charge in [0.1, 0.15) is 0 Å². The number of rotatable bonds is 4. The number of nitrogens with two attached hydrogens (primary N) is 1. The fourth-order valence-electron chi connectivity index (χ4n) is 1.97. The molecule has 104 valence electrons. The molecule has 0 aromatic carbocycles. The predicted octanol–water partition coefficient (Wildman–Crippen LogP) is 1.17. The van der Waals surface area contributed by atoms with Crippen molar-refractivity contribution in [2.24, 2.45) is 5.73 Å². The Morgan fingerprint density at radius 1 is 1.41 bits per heavy atom. The molecule has 6 heteroatoms. The molecule has 0 saturated carbocycles. The Morgan fingerprint density at radius 3 is 2.35 bits per heavy atom. The second-order valence-electron chi connectivity index (χ2n) is 4.46. The van der Waals surface area contributed by atoms with E-state index < -0.39 is 0 Å². The van der Waals surface area contributed by atoms with Gasteiger partial charge in [-0.15, -0.1) is 24.8 Å². The molecule has 3 N–H and O–H groups in total. The molecule has 1 amide bonds. The van der Waals surface area contributed by atoms with Crippen molar-refractivity contribution in [3.05, 3.63) is 0 Å². The number of amides is 1. The van der Waals surface area contributed by atoms with Crippen molar-refractivity contribution in [3.8, 4) is 0 Å². The lowest BCUT2D eigenvalue weighted by atomic mass is 10.0. The second-order valence-corrected chi connectivity index (χ2v) is 4.46. The van der Waals surface area contributed by atoms with Crippen LogP contribution in [0.3, 0.4) is 0 Å². The number of hydrogen-bond donors (Lipinski definition) is 2. The number of piperidine rings is 1. The molecule has 4 nitrogen and oxygen atoms in total. The van der Waals surface area contributed by atoms with Gasteiger partial charge in [0, 0.05) is 31.6 Å². The Hall–Kier alpha value is -0.0300. The minimum atomic E-state index is -0.0410. The summed E-state index contributed by atoms with van der Waals surface area (Å²) in [5.74, 6) is 0.0972. The van der Waals surface area contributed by atoms with Crippen molar-refractivity contribution in [3.63, 3.8) is 0 Å². The van der Waals surface area contributed by atoms with Crippen LogP contribution in [0, 0.1) is 0 Å². The summed E-state index contributed by atoms with van der Waals surface area (Å²) in [5, 5.41) is 3.05. The van der Waals surface area contributed by atoms with Crippen LogP contribution in [0.4, 0.5) is 0 Å². The van der Waals surface area contributed by atoms with Gasteiger partial charge < -0.3 is 16.0 Å². The maximum Gasteiger partial charge on any atom is 0.221 e. The number of nitrogens with zero attached hydrogens (tertiary/aromatic N) is 1. The summed E-state index contributed by atoms with van der Waals surface area (Å²) < 4.78 is 0. The Labute approximate surface area is 117 Å². The van der Waals surface area contributed by atoms with Gasteiger partial charge in [0.2, 0.25) is 5.91 Å². The first-order valence-corrected chi connectivity index (χ1v) is 5.89. The summed E-state index contributed by atoms with van der Waals surface area (Å²) in [6.07, 6.45) is 2.57. The first-order chi connectivity index (χ1) is 7.11. The van der Waals surface area contributed by atoms with E-state index in [1.54, 1.807) is 0 Å². The smallest absolute Gasteiger partial charge is 0.221 e. The SMILES string of the molecule is CCN1CCC(NC(=O)CC(C)N)CC1.Cl.Cl. The Kier molecular flexibility index (Phi) is 11.3. The average molecular weight is 286 g/mol. The van der Waals surface area contributed by atoms with E-state index in [9.17, 15) is 4.79 Å². The molecule has 1 aliphatic rings. The molecule has 1 atom stereocenters. The molecule has 0 aliphatic carbocycles. The van der Waals surface area contributed by atoms with Crippen LogP contribution in [-0.2, 0) is 4.79 Å². The highest BCUT2D eigenvalue weighted by atomic mass is 35.5. The topological polar surface area (TPSA) is 58.4 Å². The third kappa shape index (κ3) is 7.82. The van der Waals surface area contributed by atoms with Crippen molar-refractivity contribution >= 4 is 30.7 Å². The van der Waals surface area contributed by atoms with E-state index in [4.69, 9.17) is 5.73 Å². The molecule has 1 rings (SSSR count). The molecule has 1 aliphatic heterocycles. The molecular weight excluding hydrogens is 261 g/mol. The van der Waals surface area contributed by atoms with Crippen LogP contribution < -0.4 is 11.1 Å². The van der Waals surface area contributed by atoms with Gasteiger partial charge in [-0.1, -0.05) is 6.92 Å². The summed E-state index contributed by atoms with van der Waals surface area (Å²) >= 11 is 0. The zero-order chi connectivity index (χ0) is 11.3. The number of hydrogen-bond acceptors (Lipinski definition) is 3. The van der Waals surface area contributed by atoms with E-state index in [0.717, 1.165) is 32.5 Å². The molecule has 1 unspecified atom stereocenters. The van der Waals surface area contributed by atoms with Crippen molar-refractivity contribution in [1.29, 1.82) is 0 Å². The molecule has 1 saturated heterocycles. The lowest BCUT2D eigenvalue weighted by Gasteiger charge is -2.31. The van der Waals surface area contributed by atoms with Crippen LogP contribution >= 0.6 is 24.8 Å². The van der Waals surface area contributed by atoms with Crippen LogP contribution in [-0.4, -0.2) is 42.5 Å². The fourth-order valence-corrected chi connectivity index (χ4v) is 1.97. The summed E-state index contributed by atoms with van der Waals surface area (Å²) in [5.41, 5.74) is 5.57. The Bertz CT molecular complexity index is 207. The minimum absolute atomic E-state index is 0. The summed E-state index contributed by atoms with van der Waals surface area (Å²) in [7, 11) is 0. The number of nitrogens with one attached hydrogen (secondary N) is 1. The van der Waals surface area contributed by atoms with Gasteiger partial charge in [-0.3, -0.25) is 4.79 Å². The van der Waals surface area contributed by atoms with Crippen LogP contribution in [0.15, 0.2) is 0 Å². The summed E-state index contributed by atoms with van der Waals surface area (Å²) in [6.45, 7) is 7.34. The van der Waals surface area contributed by atoms with Crippen molar-refractivity contribution in [1.82, 2.24) is 10.2 Å². The monoisotopic (exact) mass is 285 g/mol. The maximum absolute atomic E-state index is 11.5. The zero-order valence-corrected chi connectivity index (χ0v) is 12.3. The first-order valence-electron chi connectivity index (χ1n) is 5.89. The predicted molar refractivity (Wildman–Crippen MR) is 76.0 cm³/mol. The van der Waals surface area contributed by atoms with Crippen LogP contribution in [0.2, 0.25) is 0 Å². The molecule has 0 bridgehead atoms. The average Bonchev–Trinajstić information content (AvgIpc) is 2.17. The highest BCUT2D eigenvalue weighted by molar-refractivity contribution is 5.85. The lowest BCUT2D eigenvalue weighted by Crippen LogP contribution is -2.45. The number of likely N-dealkylation sites (tertiary alicyclic amines) is 1. The zero-order valence-electron chi connectivity index (χ0n) is 10.6. The molecule has 17 heavy (non-hydrogen) atoms. The van der Waals surface area contributed by atoms with Gasteiger partial charge >= 0.3 is 0 Å². The molecule has 0 aromatic heterocycles. The molecular formula is C11H25Cl2N3O. The summed E-state index contributed by atoms with van der Waals surface area (Å²) in [4.78, 5) is 13.9. The van der Waals surface area contributed by atoms with Crippen molar-refractivity contribution < 1.29 is 4.79 Å².